The Morgan fingerprint density at radius 3 is 0.895 bits per heavy atom. The molecule has 2 aromatic rings. The maximum absolute atomic E-state index is 13.2. The SMILES string of the molecule is O=S(=O)(N(CCC1(c2ccc(Oc3ccc(C4(CCN(S(=O)(=O)C(F)(F)F)S(=O)(=O)C(F)(F)F)OCCO4)cc3)cc2)OCCO1)S(=O)(=O)C(F)(F)F)C(F)(F)F. The van der Waals surface area contributed by atoms with Gasteiger partial charge in [-0.2, -0.15) is 52.7 Å². The van der Waals surface area contributed by atoms with Crippen molar-refractivity contribution in [1.82, 2.24) is 7.42 Å². The first kappa shape index (κ1) is 46.6. The van der Waals surface area contributed by atoms with E-state index in [0.29, 0.717) is 0 Å². The van der Waals surface area contributed by atoms with Gasteiger partial charge in [-0.3, -0.25) is 0 Å². The second kappa shape index (κ2) is 15.5. The van der Waals surface area contributed by atoms with E-state index in [-0.39, 0.29) is 49.1 Å². The molecule has 31 heteroatoms. The van der Waals surface area contributed by atoms with Gasteiger partial charge in [0.15, 0.2) is 11.6 Å². The predicted octanol–water partition coefficient (Wildman–Crippen LogP) is 4.66. The molecule has 0 aromatic heterocycles. The van der Waals surface area contributed by atoms with Crippen molar-refractivity contribution in [2.45, 2.75) is 46.4 Å². The van der Waals surface area contributed by atoms with E-state index in [4.69, 9.17) is 23.7 Å². The Morgan fingerprint density at radius 2 is 0.684 bits per heavy atom. The maximum atomic E-state index is 13.2. The number of ether oxygens (including phenoxy) is 5. The number of nitrogens with zero attached hydrogens (tertiary/aromatic N) is 2. The Bertz CT molecular complexity index is 1960. The van der Waals surface area contributed by atoms with Gasteiger partial charge in [-0.15, -0.1) is 0 Å². The van der Waals surface area contributed by atoms with Crippen molar-refractivity contribution in [2.75, 3.05) is 39.5 Å². The van der Waals surface area contributed by atoms with Gasteiger partial charge in [-0.1, -0.05) is 7.42 Å². The van der Waals surface area contributed by atoms with Crippen LogP contribution in [0.2, 0.25) is 0 Å². The molecule has 0 aliphatic carbocycles. The van der Waals surface area contributed by atoms with Crippen LogP contribution in [0.4, 0.5) is 52.7 Å². The van der Waals surface area contributed by atoms with Gasteiger partial charge < -0.3 is 23.7 Å². The van der Waals surface area contributed by atoms with Crippen LogP contribution in [0.1, 0.15) is 24.0 Å². The molecule has 2 aliphatic rings. The Morgan fingerprint density at radius 1 is 0.456 bits per heavy atom. The molecule has 0 bridgehead atoms. The summed E-state index contributed by atoms with van der Waals surface area (Å²) in [5.74, 6) is -4.70. The summed E-state index contributed by atoms with van der Waals surface area (Å²) >= 11 is 0. The van der Waals surface area contributed by atoms with Crippen LogP contribution in [0.25, 0.3) is 0 Å². The van der Waals surface area contributed by atoms with E-state index in [0.717, 1.165) is 48.5 Å². The second-order valence-electron chi connectivity index (χ2n) is 11.3. The fourth-order valence-electron chi connectivity index (χ4n) is 5.19. The highest BCUT2D eigenvalue weighted by molar-refractivity contribution is 8.05. The molecule has 0 N–H and O–H groups in total. The lowest BCUT2D eigenvalue weighted by Gasteiger charge is -2.31. The Hall–Kier alpha value is -3.04. The molecule has 0 radical (unpaired) electrons. The van der Waals surface area contributed by atoms with Crippen molar-refractivity contribution < 1.29 is 110 Å². The van der Waals surface area contributed by atoms with Crippen molar-refractivity contribution in [3.63, 3.8) is 0 Å². The van der Waals surface area contributed by atoms with E-state index < -0.39 is 107 Å². The van der Waals surface area contributed by atoms with Crippen molar-refractivity contribution in [3.8, 4) is 11.5 Å². The van der Waals surface area contributed by atoms with Crippen LogP contribution < -0.4 is 4.74 Å². The first-order valence-corrected chi connectivity index (χ1v) is 20.8. The van der Waals surface area contributed by atoms with E-state index in [1.807, 2.05) is 0 Å². The van der Waals surface area contributed by atoms with Gasteiger partial charge in [0.25, 0.3) is 0 Å². The fraction of sp³-hybridized carbons (Fsp3) is 0.538. The molecule has 2 aromatic carbocycles. The van der Waals surface area contributed by atoms with Crippen molar-refractivity contribution >= 4 is 40.1 Å². The number of halogens is 12. The second-order valence-corrected chi connectivity index (χ2v) is 19.2. The summed E-state index contributed by atoms with van der Waals surface area (Å²) in [5.41, 5.74) is -26.2. The van der Waals surface area contributed by atoms with Gasteiger partial charge in [0.05, 0.1) is 26.4 Å². The normalized spacial score (nSPS) is 18.7. The zero-order valence-corrected chi connectivity index (χ0v) is 30.9. The fourth-order valence-corrected chi connectivity index (χ4v) is 10.5. The zero-order valence-electron chi connectivity index (χ0n) is 27.6. The minimum Gasteiger partial charge on any atom is -0.457 e. The summed E-state index contributed by atoms with van der Waals surface area (Å²) in [6.45, 7) is -5.20. The van der Waals surface area contributed by atoms with Gasteiger partial charge in [-0.05, 0) is 48.5 Å². The highest BCUT2D eigenvalue weighted by atomic mass is 32.3. The van der Waals surface area contributed by atoms with Crippen LogP contribution in [-0.2, 0) is 70.6 Å². The van der Waals surface area contributed by atoms with E-state index >= 15 is 0 Å². The monoisotopic (exact) mass is 928 g/mol. The third kappa shape index (κ3) is 9.10. The van der Waals surface area contributed by atoms with E-state index in [9.17, 15) is 86.4 Å². The van der Waals surface area contributed by atoms with Crippen molar-refractivity contribution in [3.05, 3.63) is 59.7 Å². The van der Waals surface area contributed by atoms with Crippen LogP contribution in [0.15, 0.2) is 48.5 Å². The summed E-state index contributed by atoms with van der Waals surface area (Å²) in [7, 11) is -28.5. The smallest absolute Gasteiger partial charge is 0.457 e. The Labute approximate surface area is 314 Å². The lowest BCUT2D eigenvalue weighted by atomic mass is 10.0. The standard InChI is InChI=1S/C26H24F12N2O13S4/c27-23(28,29)54(41,42)39(55(43,44)24(30,31)32)11-9-21(49-13-14-50-21)17-1-5-19(6-2-17)53-20-7-3-18(4-8-20)22(51-15-16-52-22)10-12-40(56(45,46)25(33,34)35)57(47,48)26(36,37)38/h1-8H,9-16H2. The minimum absolute atomic E-state index is 0.0750. The Balaban J connectivity index is 1.55. The lowest BCUT2D eigenvalue weighted by molar-refractivity contribution is -0.171. The molecule has 0 amide bonds. The average molecular weight is 929 g/mol. The zero-order chi connectivity index (χ0) is 43.3. The quantitative estimate of drug-likeness (QED) is 0.238. The number of hydrogen-bond acceptors (Lipinski definition) is 13. The number of benzene rings is 2. The number of hydrogen-bond donors (Lipinski definition) is 0. The van der Waals surface area contributed by atoms with Crippen LogP contribution >= 0.6 is 0 Å². The summed E-state index contributed by atoms with van der Waals surface area (Å²) in [6, 6.07) is 8.92. The van der Waals surface area contributed by atoms with Gasteiger partial charge in [0.2, 0.25) is 0 Å². The molecule has 324 valence electrons. The number of alkyl halides is 12. The first-order chi connectivity index (χ1) is 25.8. The molecule has 4 rings (SSSR count). The molecular weight excluding hydrogens is 905 g/mol. The first-order valence-electron chi connectivity index (χ1n) is 15.0. The topological polar surface area (TPSA) is 189 Å². The molecule has 0 unspecified atom stereocenters. The van der Waals surface area contributed by atoms with Crippen molar-refractivity contribution in [1.29, 1.82) is 0 Å². The summed E-state index contributed by atoms with van der Waals surface area (Å²) in [5, 5.41) is 0. The van der Waals surface area contributed by atoms with Crippen LogP contribution in [-0.4, -0.2) is 103 Å². The molecular formula is C26H24F12N2O13S4. The van der Waals surface area contributed by atoms with Crippen LogP contribution in [0.3, 0.4) is 0 Å². The molecule has 2 fully saturated rings. The highest BCUT2D eigenvalue weighted by Gasteiger charge is 2.63. The number of sulfonamides is 4. The maximum Gasteiger partial charge on any atom is 0.512 e. The summed E-state index contributed by atoms with van der Waals surface area (Å²) in [6.07, 6.45) is -2.43. The molecule has 2 heterocycles. The third-order valence-electron chi connectivity index (χ3n) is 7.82. The van der Waals surface area contributed by atoms with Gasteiger partial charge in [-0.25, -0.2) is 33.7 Å². The molecule has 2 aliphatic heterocycles. The largest absolute Gasteiger partial charge is 0.512 e. The van der Waals surface area contributed by atoms with Gasteiger partial charge in [0.1, 0.15) is 11.5 Å². The summed E-state index contributed by atoms with van der Waals surface area (Å²) < 4.78 is 277. The number of rotatable bonds is 14. The van der Waals surface area contributed by atoms with Crippen LogP contribution in [0.5, 0.6) is 11.5 Å². The molecule has 57 heavy (non-hydrogen) atoms. The molecule has 2 saturated heterocycles. The molecule has 15 nitrogen and oxygen atoms in total. The highest BCUT2D eigenvalue weighted by Crippen LogP contribution is 2.42. The van der Waals surface area contributed by atoms with E-state index in [2.05, 4.69) is 0 Å². The summed E-state index contributed by atoms with van der Waals surface area (Å²) in [4.78, 5) is 0. The molecule has 0 saturated carbocycles. The van der Waals surface area contributed by atoms with E-state index in [1.165, 1.54) is 0 Å². The predicted molar refractivity (Wildman–Crippen MR) is 163 cm³/mol. The molecule has 0 atom stereocenters. The van der Waals surface area contributed by atoms with Crippen molar-refractivity contribution in [2.24, 2.45) is 0 Å². The lowest BCUT2D eigenvalue weighted by Crippen LogP contribution is -2.50. The van der Waals surface area contributed by atoms with Gasteiger partial charge in [0, 0.05) is 37.1 Å². The Kier molecular flexibility index (Phi) is 12.7. The average Bonchev–Trinajstić information content (AvgIpc) is 3.75. The van der Waals surface area contributed by atoms with E-state index in [1.54, 1.807) is 0 Å². The third-order valence-corrected chi connectivity index (χ3v) is 15.4. The minimum atomic E-state index is -7.12. The van der Waals surface area contributed by atoms with Gasteiger partial charge >= 0.3 is 62.1 Å². The van der Waals surface area contributed by atoms with Crippen LogP contribution in [0, 0.1) is 0 Å². The molecule has 0 spiro atoms.